The number of rotatable bonds is 9. The van der Waals surface area contributed by atoms with Gasteiger partial charge in [0.25, 0.3) is 5.91 Å². The number of methoxy groups -OCH3 is 3. The number of amides is 1. The molecule has 0 aromatic heterocycles. The Morgan fingerprint density at radius 1 is 0.967 bits per heavy atom. The van der Waals surface area contributed by atoms with E-state index in [4.69, 9.17) is 18.9 Å². The van der Waals surface area contributed by atoms with Crippen LogP contribution in [0.1, 0.15) is 24.1 Å². The van der Waals surface area contributed by atoms with Crippen molar-refractivity contribution in [2.75, 3.05) is 35.0 Å². The molecule has 7 heteroatoms. The zero-order valence-corrected chi connectivity index (χ0v) is 17.9. The summed E-state index contributed by atoms with van der Waals surface area (Å²) in [5.41, 5.74) is 1.60. The summed E-state index contributed by atoms with van der Waals surface area (Å²) in [6, 6.07) is 12.8. The lowest BCUT2D eigenvalue weighted by atomic mass is 10.1. The Morgan fingerprint density at radius 3 is 2.17 bits per heavy atom. The van der Waals surface area contributed by atoms with E-state index in [1.165, 1.54) is 33.5 Å². The molecule has 1 unspecified atom stereocenters. The molecule has 0 heterocycles. The van der Waals surface area contributed by atoms with Crippen molar-refractivity contribution in [2.24, 2.45) is 0 Å². The first kappa shape index (κ1) is 22.8. The summed E-state index contributed by atoms with van der Waals surface area (Å²) in [6.45, 7) is 1.57. The monoisotopic (exact) mass is 413 g/mol. The maximum Gasteiger partial charge on any atom is 0.331 e. The van der Waals surface area contributed by atoms with Crippen LogP contribution >= 0.6 is 0 Å². The average molecular weight is 413 g/mol. The molecule has 2 rings (SSSR count). The molecule has 0 bridgehead atoms. The lowest BCUT2D eigenvalue weighted by molar-refractivity contribution is -0.148. The van der Waals surface area contributed by atoms with Gasteiger partial charge in [-0.15, -0.1) is 0 Å². The van der Waals surface area contributed by atoms with Gasteiger partial charge in [0.1, 0.15) is 5.75 Å². The molecule has 30 heavy (non-hydrogen) atoms. The fraction of sp³-hybridized carbons (Fsp3) is 0.304. The van der Waals surface area contributed by atoms with E-state index in [1.54, 1.807) is 24.1 Å². The van der Waals surface area contributed by atoms with Gasteiger partial charge in [0, 0.05) is 24.8 Å². The molecule has 0 saturated heterocycles. The van der Waals surface area contributed by atoms with Gasteiger partial charge in [0.05, 0.1) is 27.4 Å². The van der Waals surface area contributed by atoms with Gasteiger partial charge in [-0.1, -0.05) is 30.3 Å². The maximum atomic E-state index is 12.4. The van der Waals surface area contributed by atoms with Crippen molar-refractivity contribution in [3.8, 4) is 17.2 Å². The second-order valence-corrected chi connectivity index (χ2v) is 6.48. The first-order chi connectivity index (χ1) is 14.4. The summed E-state index contributed by atoms with van der Waals surface area (Å²) < 4.78 is 20.9. The highest BCUT2D eigenvalue weighted by Crippen LogP contribution is 2.35. The van der Waals surface area contributed by atoms with E-state index >= 15 is 0 Å². The second-order valence-electron chi connectivity index (χ2n) is 6.48. The Hall–Kier alpha value is -3.48. The van der Waals surface area contributed by atoms with Crippen molar-refractivity contribution < 1.29 is 28.5 Å². The summed E-state index contributed by atoms with van der Waals surface area (Å²) >= 11 is 0. The summed E-state index contributed by atoms with van der Waals surface area (Å²) in [5.74, 6) is 0.579. The molecule has 160 valence electrons. The summed E-state index contributed by atoms with van der Waals surface area (Å²) in [7, 11) is 6.24. The van der Waals surface area contributed by atoms with Gasteiger partial charge in [-0.05, 0) is 24.6 Å². The first-order valence-electron chi connectivity index (χ1n) is 9.36. The fourth-order valence-corrected chi connectivity index (χ4v) is 2.79. The van der Waals surface area contributed by atoms with Gasteiger partial charge in [0.2, 0.25) is 0 Å². The minimum Gasteiger partial charge on any atom is -0.496 e. The molecule has 0 spiro atoms. The number of ether oxygens (including phenoxy) is 4. The lowest BCUT2D eigenvalue weighted by Crippen LogP contribution is -2.33. The van der Waals surface area contributed by atoms with E-state index < -0.39 is 5.97 Å². The van der Waals surface area contributed by atoms with Gasteiger partial charge in [0.15, 0.2) is 18.1 Å². The molecular formula is C23H27NO6. The zero-order valence-electron chi connectivity index (χ0n) is 17.9. The van der Waals surface area contributed by atoms with Crippen molar-refractivity contribution in [1.82, 2.24) is 4.90 Å². The summed E-state index contributed by atoms with van der Waals surface area (Å²) in [4.78, 5) is 26.0. The van der Waals surface area contributed by atoms with E-state index in [-0.39, 0.29) is 18.6 Å². The van der Waals surface area contributed by atoms with E-state index in [1.807, 2.05) is 37.3 Å². The molecular weight excluding hydrogens is 386 g/mol. The molecule has 1 amide bonds. The van der Waals surface area contributed by atoms with Crippen LogP contribution in [-0.4, -0.2) is 51.8 Å². The van der Waals surface area contributed by atoms with E-state index in [2.05, 4.69) is 0 Å². The number of benzene rings is 2. The van der Waals surface area contributed by atoms with Crippen molar-refractivity contribution >= 4 is 18.0 Å². The van der Waals surface area contributed by atoms with Crippen LogP contribution in [0.25, 0.3) is 6.08 Å². The van der Waals surface area contributed by atoms with Crippen molar-refractivity contribution in [3.05, 3.63) is 59.7 Å². The predicted octanol–water partition coefficient (Wildman–Crippen LogP) is 3.49. The molecule has 2 aromatic rings. The van der Waals surface area contributed by atoms with E-state index in [9.17, 15) is 9.59 Å². The highest BCUT2D eigenvalue weighted by molar-refractivity contribution is 5.90. The number of hydrogen-bond donors (Lipinski definition) is 0. The number of nitrogens with zero attached hydrogens (tertiary/aromatic N) is 1. The molecule has 0 radical (unpaired) electrons. The normalized spacial score (nSPS) is 11.6. The van der Waals surface area contributed by atoms with Crippen LogP contribution in [0, 0.1) is 0 Å². The third kappa shape index (κ3) is 5.76. The third-order valence-electron chi connectivity index (χ3n) is 4.73. The molecule has 7 nitrogen and oxygen atoms in total. The largest absolute Gasteiger partial charge is 0.496 e. The smallest absolute Gasteiger partial charge is 0.331 e. The molecule has 0 aliphatic rings. The van der Waals surface area contributed by atoms with Gasteiger partial charge in [-0.25, -0.2) is 4.79 Å². The molecule has 0 aliphatic heterocycles. The number of likely N-dealkylation sites (N-methyl/N-ethyl adjacent to an activating group) is 1. The van der Waals surface area contributed by atoms with Crippen LogP contribution in [0.5, 0.6) is 17.2 Å². The maximum absolute atomic E-state index is 12.4. The predicted molar refractivity (Wildman–Crippen MR) is 114 cm³/mol. The Morgan fingerprint density at radius 2 is 1.57 bits per heavy atom. The standard InChI is InChI=1S/C23H27NO6/c1-16(17-9-7-6-8-10-17)24(2)22(25)15-30-23(26)12-11-18-13-20(28-4)21(29-5)14-19(18)27-3/h6-14,16H,15H2,1-5H3/b12-11+. The van der Waals surface area contributed by atoms with Crippen LogP contribution < -0.4 is 14.2 Å². The quantitative estimate of drug-likeness (QED) is 0.463. The lowest BCUT2D eigenvalue weighted by Gasteiger charge is -2.25. The van der Waals surface area contributed by atoms with E-state index in [0.29, 0.717) is 22.8 Å². The zero-order chi connectivity index (χ0) is 22.1. The molecule has 2 aromatic carbocycles. The second kappa shape index (κ2) is 10.9. The first-order valence-corrected chi connectivity index (χ1v) is 9.36. The van der Waals surface area contributed by atoms with Crippen LogP contribution in [-0.2, 0) is 14.3 Å². The molecule has 0 N–H and O–H groups in total. The highest BCUT2D eigenvalue weighted by Gasteiger charge is 2.18. The Balaban J connectivity index is 1.98. The topological polar surface area (TPSA) is 74.3 Å². The molecule has 0 fully saturated rings. The number of esters is 1. The van der Waals surface area contributed by atoms with Crippen LogP contribution in [0.4, 0.5) is 0 Å². The van der Waals surface area contributed by atoms with Gasteiger partial charge >= 0.3 is 5.97 Å². The Labute approximate surface area is 176 Å². The van der Waals surface area contributed by atoms with Crippen molar-refractivity contribution in [1.29, 1.82) is 0 Å². The van der Waals surface area contributed by atoms with Gasteiger partial charge < -0.3 is 23.8 Å². The summed E-state index contributed by atoms with van der Waals surface area (Å²) in [5, 5.41) is 0. The van der Waals surface area contributed by atoms with Crippen LogP contribution in [0.2, 0.25) is 0 Å². The SMILES string of the molecule is COc1cc(OC)c(OC)cc1/C=C/C(=O)OCC(=O)N(C)C(C)c1ccccc1. The number of carbonyl (C=O) groups is 2. The highest BCUT2D eigenvalue weighted by atomic mass is 16.5. The minimum atomic E-state index is -0.638. The van der Waals surface area contributed by atoms with Crippen molar-refractivity contribution in [3.63, 3.8) is 0 Å². The Bertz CT molecular complexity index is 894. The number of carbonyl (C=O) groups excluding carboxylic acids is 2. The Kier molecular flexibility index (Phi) is 8.29. The minimum absolute atomic E-state index is 0.135. The third-order valence-corrected chi connectivity index (χ3v) is 4.73. The van der Waals surface area contributed by atoms with E-state index in [0.717, 1.165) is 5.56 Å². The van der Waals surface area contributed by atoms with Gasteiger partial charge in [-0.3, -0.25) is 4.79 Å². The molecule has 0 saturated carbocycles. The van der Waals surface area contributed by atoms with Crippen LogP contribution in [0.3, 0.4) is 0 Å². The van der Waals surface area contributed by atoms with Gasteiger partial charge in [-0.2, -0.15) is 0 Å². The molecule has 1 atom stereocenters. The fourth-order valence-electron chi connectivity index (χ4n) is 2.79. The molecule has 0 aliphatic carbocycles. The summed E-state index contributed by atoms with van der Waals surface area (Å²) in [6.07, 6.45) is 2.77. The number of hydrogen-bond acceptors (Lipinski definition) is 6. The average Bonchev–Trinajstić information content (AvgIpc) is 2.79. The van der Waals surface area contributed by atoms with Crippen molar-refractivity contribution in [2.45, 2.75) is 13.0 Å². The van der Waals surface area contributed by atoms with Crippen LogP contribution in [0.15, 0.2) is 48.5 Å².